The molecule has 1 aliphatic heterocycles. The number of nitrogens with zero attached hydrogens (tertiary/aromatic N) is 3. The van der Waals surface area contributed by atoms with Crippen molar-refractivity contribution in [3.8, 4) is 11.1 Å². The van der Waals surface area contributed by atoms with Crippen molar-refractivity contribution in [3.63, 3.8) is 0 Å². The summed E-state index contributed by atoms with van der Waals surface area (Å²) in [6.07, 6.45) is 2.73. The molecule has 36 heavy (non-hydrogen) atoms. The van der Waals surface area contributed by atoms with Crippen LogP contribution in [-0.2, 0) is 26.9 Å². The molecule has 0 unspecified atom stereocenters. The van der Waals surface area contributed by atoms with Crippen LogP contribution in [-0.4, -0.2) is 57.9 Å². The monoisotopic (exact) mass is 551 g/mol. The van der Waals surface area contributed by atoms with Crippen LogP contribution in [0.4, 0.5) is 4.79 Å². The number of amides is 1. The summed E-state index contributed by atoms with van der Waals surface area (Å²) in [5.41, 5.74) is 3.89. The summed E-state index contributed by atoms with van der Waals surface area (Å²) >= 11 is 3.39. The molecule has 6 rings (SSSR count). The van der Waals surface area contributed by atoms with E-state index >= 15 is 0 Å². The maximum Gasteiger partial charge on any atom is 0.409 e. The third-order valence-corrected chi connectivity index (χ3v) is 8.08. The van der Waals surface area contributed by atoms with Crippen molar-refractivity contribution in [1.29, 1.82) is 0 Å². The van der Waals surface area contributed by atoms with Crippen LogP contribution in [0.15, 0.2) is 59.3 Å². The van der Waals surface area contributed by atoms with Crippen LogP contribution in [0.5, 0.6) is 0 Å². The molecule has 1 N–H and O–H groups in total. The second-order valence-corrected chi connectivity index (χ2v) is 11.0. The van der Waals surface area contributed by atoms with Gasteiger partial charge in [0.2, 0.25) is 0 Å². The molecule has 9 heteroatoms. The van der Waals surface area contributed by atoms with E-state index in [-0.39, 0.29) is 17.4 Å². The molecule has 3 aromatic rings. The standard InChI is InChI=1S/C27H26BrN3O5/c1-30-10-22(28)29-24(30)27(36-12-23(32)33)13-26(14-27)15-31(16-26)25(34)35-11-21-19-8-4-2-6-17(19)18-7-3-5-9-20(18)21/h2-10,21H,11-16H2,1H3,(H,32,33). The van der Waals surface area contributed by atoms with Crippen LogP contribution in [0.3, 0.4) is 0 Å². The predicted molar refractivity (Wildman–Crippen MR) is 134 cm³/mol. The molecule has 1 saturated carbocycles. The number of aryl methyl sites for hydroxylation is 1. The summed E-state index contributed by atoms with van der Waals surface area (Å²) in [6, 6.07) is 16.6. The smallest absolute Gasteiger partial charge is 0.409 e. The van der Waals surface area contributed by atoms with Gasteiger partial charge < -0.3 is 24.0 Å². The van der Waals surface area contributed by atoms with E-state index in [9.17, 15) is 14.7 Å². The number of hydrogen-bond donors (Lipinski definition) is 1. The van der Waals surface area contributed by atoms with Gasteiger partial charge in [-0.1, -0.05) is 48.5 Å². The SMILES string of the molecule is Cn1cc(Br)nc1C1(OCC(=O)O)CC2(CN(C(=O)OCC3c4ccccc4-c4ccccc43)C2)C1. The number of carboxylic acid groups (broad SMARTS) is 1. The molecular weight excluding hydrogens is 526 g/mol. The van der Waals surface area contributed by atoms with Gasteiger partial charge in [0.15, 0.2) is 0 Å². The van der Waals surface area contributed by atoms with Crippen molar-refractivity contribution in [3.05, 3.63) is 76.3 Å². The number of carbonyl (C=O) groups is 2. The molecule has 3 aliphatic rings. The highest BCUT2D eigenvalue weighted by atomic mass is 79.9. The van der Waals surface area contributed by atoms with Crippen LogP contribution in [0.25, 0.3) is 11.1 Å². The lowest BCUT2D eigenvalue weighted by Crippen LogP contribution is -2.69. The highest BCUT2D eigenvalue weighted by Crippen LogP contribution is 2.60. The fraction of sp³-hybridized carbons (Fsp3) is 0.370. The van der Waals surface area contributed by atoms with Gasteiger partial charge in [-0.2, -0.15) is 0 Å². The molecule has 1 aromatic heterocycles. The van der Waals surface area contributed by atoms with E-state index in [1.807, 2.05) is 42.1 Å². The lowest BCUT2D eigenvalue weighted by Gasteiger charge is -2.62. The average molecular weight is 552 g/mol. The molecule has 1 amide bonds. The van der Waals surface area contributed by atoms with E-state index in [0.29, 0.717) is 43.0 Å². The minimum atomic E-state index is -1.02. The van der Waals surface area contributed by atoms with Crippen LogP contribution in [0.2, 0.25) is 0 Å². The van der Waals surface area contributed by atoms with E-state index in [4.69, 9.17) is 9.47 Å². The minimum absolute atomic E-state index is 0.0271. The van der Waals surface area contributed by atoms with Crippen molar-refractivity contribution in [2.24, 2.45) is 12.5 Å². The number of fused-ring (bicyclic) bond motifs is 3. The van der Waals surface area contributed by atoms with Crippen molar-refractivity contribution in [2.45, 2.75) is 24.4 Å². The van der Waals surface area contributed by atoms with E-state index < -0.39 is 18.2 Å². The highest BCUT2D eigenvalue weighted by Gasteiger charge is 2.64. The number of halogens is 1. The Labute approximate surface area is 217 Å². The Balaban J connectivity index is 1.10. The molecule has 0 radical (unpaired) electrons. The van der Waals surface area contributed by atoms with Gasteiger partial charge in [0, 0.05) is 37.7 Å². The molecule has 8 nitrogen and oxygen atoms in total. The van der Waals surface area contributed by atoms with Crippen LogP contribution < -0.4 is 0 Å². The minimum Gasteiger partial charge on any atom is -0.480 e. The van der Waals surface area contributed by atoms with Crippen LogP contribution in [0.1, 0.15) is 35.7 Å². The first-order valence-corrected chi connectivity index (χ1v) is 12.7. The lowest BCUT2D eigenvalue weighted by atomic mass is 9.54. The van der Waals surface area contributed by atoms with Gasteiger partial charge in [0.25, 0.3) is 0 Å². The molecular formula is C27H26BrN3O5. The van der Waals surface area contributed by atoms with Gasteiger partial charge in [0.1, 0.15) is 29.2 Å². The second-order valence-electron chi connectivity index (χ2n) is 10.2. The van der Waals surface area contributed by atoms with Gasteiger partial charge >= 0.3 is 12.1 Å². The zero-order valence-corrected chi connectivity index (χ0v) is 21.4. The number of aliphatic carboxylic acids is 1. The van der Waals surface area contributed by atoms with Gasteiger partial charge in [-0.3, -0.25) is 0 Å². The molecule has 2 fully saturated rings. The van der Waals surface area contributed by atoms with Crippen LogP contribution >= 0.6 is 15.9 Å². The quantitative estimate of drug-likeness (QED) is 0.484. The van der Waals surface area contributed by atoms with E-state index in [2.05, 4.69) is 45.2 Å². The van der Waals surface area contributed by atoms with Crippen molar-refractivity contribution in [2.75, 3.05) is 26.3 Å². The number of rotatable bonds is 6. The average Bonchev–Trinajstić information content (AvgIpc) is 3.32. The molecule has 2 aliphatic carbocycles. The largest absolute Gasteiger partial charge is 0.480 e. The number of hydrogen-bond acceptors (Lipinski definition) is 5. The molecule has 186 valence electrons. The summed E-state index contributed by atoms with van der Waals surface area (Å²) in [6.45, 7) is 1.03. The van der Waals surface area contributed by atoms with Crippen LogP contribution in [0, 0.1) is 5.41 Å². The number of likely N-dealkylation sites (tertiary alicyclic amines) is 1. The predicted octanol–water partition coefficient (Wildman–Crippen LogP) is 4.52. The number of carboxylic acids is 1. The van der Waals surface area contributed by atoms with Gasteiger partial charge in [-0.25, -0.2) is 14.6 Å². The fourth-order valence-corrected chi connectivity index (χ4v) is 6.81. The molecule has 1 spiro atoms. The summed E-state index contributed by atoms with van der Waals surface area (Å²) in [5.74, 6) is -0.294. The Kier molecular flexibility index (Phi) is 5.46. The normalized spacial score (nSPS) is 18.8. The van der Waals surface area contributed by atoms with Gasteiger partial charge in [-0.05, 0) is 51.0 Å². The Morgan fingerprint density at radius 3 is 2.25 bits per heavy atom. The number of aromatic nitrogens is 2. The lowest BCUT2D eigenvalue weighted by molar-refractivity contribution is -0.223. The second kappa shape index (κ2) is 8.45. The Bertz CT molecular complexity index is 1310. The molecule has 1 saturated heterocycles. The Morgan fingerprint density at radius 1 is 1.08 bits per heavy atom. The Hall–Kier alpha value is -3.17. The topological polar surface area (TPSA) is 93.9 Å². The zero-order valence-electron chi connectivity index (χ0n) is 19.8. The number of carbonyl (C=O) groups excluding carboxylic acids is 1. The maximum absolute atomic E-state index is 12.9. The number of ether oxygens (including phenoxy) is 2. The summed E-state index contributed by atoms with van der Waals surface area (Å²) < 4.78 is 14.2. The first kappa shape index (κ1) is 23.2. The summed E-state index contributed by atoms with van der Waals surface area (Å²) in [7, 11) is 1.87. The number of benzene rings is 2. The molecule has 0 bridgehead atoms. The highest BCUT2D eigenvalue weighted by molar-refractivity contribution is 9.10. The number of imidazole rings is 1. The first-order chi connectivity index (χ1) is 17.3. The zero-order chi connectivity index (χ0) is 25.1. The van der Waals surface area contributed by atoms with E-state index in [1.165, 1.54) is 22.3 Å². The maximum atomic E-state index is 12.9. The Morgan fingerprint density at radius 2 is 1.69 bits per heavy atom. The van der Waals surface area contributed by atoms with E-state index in [1.54, 1.807) is 4.90 Å². The van der Waals surface area contributed by atoms with Gasteiger partial charge in [0.05, 0.1) is 0 Å². The first-order valence-electron chi connectivity index (χ1n) is 11.9. The summed E-state index contributed by atoms with van der Waals surface area (Å²) in [4.78, 5) is 30.4. The molecule has 0 atom stereocenters. The van der Waals surface area contributed by atoms with Crippen molar-refractivity contribution < 1.29 is 24.2 Å². The van der Waals surface area contributed by atoms with Gasteiger partial charge in [-0.15, -0.1) is 0 Å². The molecule has 2 aromatic carbocycles. The third-order valence-electron chi connectivity index (χ3n) is 7.69. The fourth-order valence-electron chi connectivity index (χ4n) is 6.34. The molecule has 2 heterocycles. The van der Waals surface area contributed by atoms with Crippen molar-refractivity contribution >= 4 is 28.0 Å². The van der Waals surface area contributed by atoms with E-state index in [0.717, 1.165) is 0 Å². The van der Waals surface area contributed by atoms with Crippen molar-refractivity contribution in [1.82, 2.24) is 14.5 Å². The summed E-state index contributed by atoms with van der Waals surface area (Å²) in [5, 5.41) is 9.17. The third kappa shape index (κ3) is 3.72.